The Bertz CT molecular complexity index is 266. The second kappa shape index (κ2) is 4.64. The molecule has 4 heteroatoms. The number of aromatic nitrogens is 1. The molecule has 0 amide bonds. The van der Waals surface area contributed by atoms with Gasteiger partial charge in [-0.3, -0.25) is 4.98 Å². The highest BCUT2D eigenvalue weighted by atomic mass is 32.2. The maximum atomic E-state index is 4.06. The summed E-state index contributed by atoms with van der Waals surface area (Å²) in [6, 6.07) is 0. The smallest absolute Gasteiger partial charge is 0.0794 e. The molecule has 0 spiro atoms. The zero-order valence-corrected chi connectivity index (χ0v) is 10.1. The van der Waals surface area contributed by atoms with Crippen molar-refractivity contribution in [3.8, 4) is 0 Å². The van der Waals surface area contributed by atoms with Gasteiger partial charge in [0, 0.05) is 28.9 Å². The lowest BCUT2D eigenvalue weighted by Crippen LogP contribution is -2.32. The van der Waals surface area contributed by atoms with Crippen LogP contribution in [0.3, 0.4) is 0 Å². The van der Waals surface area contributed by atoms with E-state index in [4.69, 9.17) is 0 Å². The van der Waals surface area contributed by atoms with E-state index >= 15 is 0 Å². The third-order valence-corrected chi connectivity index (χ3v) is 4.90. The van der Waals surface area contributed by atoms with Crippen LogP contribution in [0.2, 0.25) is 0 Å². The highest BCUT2D eigenvalue weighted by Gasteiger charge is 2.28. The van der Waals surface area contributed by atoms with E-state index in [1.807, 2.05) is 11.7 Å². The SMILES string of the molecule is CC1(CNCc2cncs2)CCCS1. The van der Waals surface area contributed by atoms with E-state index in [-0.39, 0.29) is 0 Å². The monoisotopic (exact) mass is 228 g/mol. The van der Waals surface area contributed by atoms with Crippen LogP contribution in [-0.2, 0) is 6.54 Å². The van der Waals surface area contributed by atoms with Crippen molar-refractivity contribution in [2.45, 2.75) is 31.1 Å². The Balaban J connectivity index is 1.72. The van der Waals surface area contributed by atoms with E-state index in [1.54, 1.807) is 11.3 Å². The molecule has 0 saturated carbocycles. The Kier molecular flexibility index (Phi) is 3.47. The molecule has 14 heavy (non-hydrogen) atoms. The minimum Gasteiger partial charge on any atom is -0.310 e. The average molecular weight is 228 g/mol. The van der Waals surface area contributed by atoms with Gasteiger partial charge in [-0.1, -0.05) is 0 Å². The molecular weight excluding hydrogens is 212 g/mol. The highest BCUT2D eigenvalue weighted by molar-refractivity contribution is 8.00. The number of nitrogens with zero attached hydrogens (tertiary/aromatic N) is 1. The topological polar surface area (TPSA) is 24.9 Å². The molecule has 1 saturated heterocycles. The lowest BCUT2D eigenvalue weighted by atomic mass is 10.1. The fourth-order valence-corrected chi connectivity index (χ4v) is 3.59. The molecule has 1 aromatic heterocycles. The Morgan fingerprint density at radius 2 is 2.57 bits per heavy atom. The van der Waals surface area contributed by atoms with Gasteiger partial charge in [0.05, 0.1) is 5.51 Å². The molecule has 1 fully saturated rings. The average Bonchev–Trinajstić information content (AvgIpc) is 2.77. The van der Waals surface area contributed by atoms with Crippen LogP contribution >= 0.6 is 23.1 Å². The van der Waals surface area contributed by atoms with Gasteiger partial charge in [0.2, 0.25) is 0 Å². The predicted molar refractivity (Wildman–Crippen MR) is 63.9 cm³/mol. The third kappa shape index (κ3) is 2.72. The summed E-state index contributed by atoms with van der Waals surface area (Å²) in [7, 11) is 0. The maximum absolute atomic E-state index is 4.06. The van der Waals surface area contributed by atoms with Crippen molar-refractivity contribution in [2.24, 2.45) is 0 Å². The molecule has 1 aliphatic rings. The van der Waals surface area contributed by atoms with Crippen LogP contribution in [0.1, 0.15) is 24.6 Å². The Morgan fingerprint density at radius 3 is 3.21 bits per heavy atom. The zero-order chi connectivity index (χ0) is 9.86. The predicted octanol–water partition coefficient (Wildman–Crippen LogP) is 2.52. The highest BCUT2D eigenvalue weighted by Crippen LogP contribution is 2.36. The summed E-state index contributed by atoms with van der Waals surface area (Å²) < 4.78 is 0.477. The first-order valence-electron chi connectivity index (χ1n) is 5.01. The van der Waals surface area contributed by atoms with Crippen molar-refractivity contribution in [3.63, 3.8) is 0 Å². The van der Waals surface area contributed by atoms with Crippen LogP contribution < -0.4 is 5.32 Å². The van der Waals surface area contributed by atoms with Crippen molar-refractivity contribution in [1.82, 2.24) is 10.3 Å². The quantitative estimate of drug-likeness (QED) is 0.857. The van der Waals surface area contributed by atoms with Gasteiger partial charge in [0.25, 0.3) is 0 Å². The summed E-state index contributed by atoms with van der Waals surface area (Å²) in [5.41, 5.74) is 1.89. The first-order chi connectivity index (χ1) is 6.79. The van der Waals surface area contributed by atoms with E-state index in [1.165, 1.54) is 23.5 Å². The fraction of sp³-hybridized carbons (Fsp3) is 0.700. The molecule has 1 N–H and O–H groups in total. The molecule has 78 valence electrons. The molecule has 1 aromatic rings. The minimum absolute atomic E-state index is 0.477. The Hall–Kier alpha value is -0.0600. The number of hydrogen-bond acceptors (Lipinski definition) is 4. The summed E-state index contributed by atoms with van der Waals surface area (Å²) >= 11 is 3.83. The van der Waals surface area contributed by atoms with Crippen molar-refractivity contribution in [1.29, 1.82) is 0 Å². The molecule has 1 aliphatic heterocycles. The summed E-state index contributed by atoms with van der Waals surface area (Å²) in [6.45, 7) is 4.46. The van der Waals surface area contributed by atoms with Crippen molar-refractivity contribution in [3.05, 3.63) is 16.6 Å². The second-order valence-electron chi connectivity index (χ2n) is 3.97. The van der Waals surface area contributed by atoms with E-state index in [0.717, 1.165) is 13.1 Å². The number of hydrogen-bond donors (Lipinski definition) is 1. The summed E-state index contributed by atoms with van der Waals surface area (Å²) in [5, 5.41) is 3.52. The van der Waals surface area contributed by atoms with Gasteiger partial charge in [-0.15, -0.1) is 11.3 Å². The molecule has 0 aromatic carbocycles. The van der Waals surface area contributed by atoms with E-state index < -0.39 is 0 Å². The molecular formula is C10H16N2S2. The number of thiazole rings is 1. The largest absolute Gasteiger partial charge is 0.310 e. The van der Waals surface area contributed by atoms with E-state index in [9.17, 15) is 0 Å². The Labute approximate surface area is 93.5 Å². The molecule has 0 aliphatic carbocycles. The standard InChI is InChI=1S/C10H16N2S2/c1-10(3-2-4-14-10)7-11-5-9-6-12-8-13-9/h6,8,11H,2-5,7H2,1H3. The van der Waals surface area contributed by atoms with Crippen LogP contribution in [0.25, 0.3) is 0 Å². The molecule has 0 radical (unpaired) electrons. The number of rotatable bonds is 4. The molecule has 2 heterocycles. The van der Waals surface area contributed by atoms with Gasteiger partial charge >= 0.3 is 0 Å². The molecule has 1 atom stereocenters. The van der Waals surface area contributed by atoms with Gasteiger partial charge in [-0.2, -0.15) is 11.8 Å². The number of nitrogens with one attached hydrogen (secondary N) is 1. The summed E-state index contributed by atoms with van der Waals surface area (Å²) in [4.78, 5) is 5.39. The first kappa shape index (κ1) is 10.5. The maximum Gasteiger partial charge on any atom is 0.0794 e. The normalized spacial score (nSPS) is 26.9. The Morgan fingerprint density at radius 1 is 1.64 bits per heavy atom. The van der Waals surface area contributed by atoms with E-state index in [0.29, 0.717) is 4.75 Å². The second-order valence-corrected chi connectivity index (χ2v) is 6.63. The van der Waals surface area contributed by atoms with Gasteiger partial charge in [0.15, 0.2) is 0 Å². The molecule has 0 bridgehead atoms. The van der Waals surface area contributed by atoms with Crippen molar-refractivity contribution in [2.75, 3.05) is 12.3 Å². The molecule has 2 nitrogen and oxygen atoms in total. The van der Waals surface area contributed by atoms with Crippen LogP contribution in [0, 0.1) is 0 Å². The summed E-state index contributed by atoms with van der Waals surface area (Å²) in [5.74, 6) is 1.33. The van der Waals surface area contributed by atoms with Gasteiger partial charge in [0.1, 0.15) is 0 Å². The third-order valence-electron chi connectivity index (χ3n) is 2.58. The van der Waals surface area contributed by atoms with Crippen LogP contribution in [-0.4, -0.2) is 22.0 Å². The lowest BCUT2D eigenvalue weighted by molar-refractivity contribution is 0.539. The number of thioether (sulfide) groups is 1. The minimum atomic E-state index is 0.477. The van der Waals surface area contributed by atoms with Crippen molar-refractivity contribution < 1.29 is 0 Å². The van der Waals surface area contributed by atoms with Gasteiger partial charge < -0.3 is 5.32 Å². The van der Waals surface area contributed by atoms with Crippen molar-refractivity contribution >= 4 is 23.1 Å². The molecule has 2 rings (SSSR count). The van der Waals surface area contributed by atoms with E-state index in [2.05, 4.69) is 29.0 Å². The molecule has 1 unspecified atom stereocenters. The fourth-order valence-electron chi connectivity index (χ4n) is 1.76. The first-order valence-corrected chi connectivity index (χ1v) is 6.87. The van der Waals surface area contributed by atoms with Gasteiger partial charge in [-0.05, 0) is 25.5 Å². The van der Waals surface area contributed by atoms with Crippen LogP contribution in [0.15, 0.2) is 11.7 Å². The van der Waals surface area contributed by atoms with Crippen LogP contribution in [0.5, 0.6) is 0 Å². The summed E-state index contributed by atoms with van der Waals surface area (Å²) in [6.07, 6.45) is 4.68. The van der Waals surface area contributed by atoms with Crippen LogP contribution in [0.4, 0.5) is 0 Å². The lowest BCUT2D eigenvalue weighted by Gasteiger charge is -2.22. The van der Waals surface area contributed by atoms with Gasteiger partial charge in [-0.25, -0.2) is 0 Å². The zero-order valence-electron chi connectivity index (χ0n) is 8.45.